The van der Waals surface area contributed by atoms with Crippen molar-refractivity contribution in [2.24, 2.45) is 0 Å². The minimum Gasteiger partial charge on any atom is -0.343 e. The van der Waals surface area contributed by atoms with E-state index in [1.807, 2.05) is 83.1 Å². The summed E-state index contributed by atoms with van der Waals surface area (Å²) >= 11 is 1.62. The van der Waals surface area contributed by atoms with Crippen LogP contribution in [0.4, 0.5) is 0 Å². The average Bonchev–Trinajstić information content (AvgIpc) is 3.33. The fourth-order valence-corrected chi connectivity index (χ4v) is 6.19. The number of piperazine rings is 1. The SMILES string of the molecule is O=C(CN1CCN(S(=O)(=O)Cc2ccccc2)CC1)N[C@H](c1ccccc1)c1cccs1. The molecule has 0 spiro atoms. The van der Waals surface area contributed by atoms with Gasteiger partial charge in [0.2, 0.25) is 15.9 Å². The molecule has 32 heavy (non-hydrogen) atoms. The maximum absolute atomic E-state index is 12.8. The zero-order valence-corrected chi connectivity index (χ0v) is 19.4. The fourth-order valence-electron chi connectivity index (χ4n) is 3.87. The Kier molecular flexibility index (Phi) is 7.36. The smallest absolute Gasteiger partial charge is 0.234 e. The van der Waals surface area contributed by atoms with Gasteiger partial charge in [0.15, 0.2) is 0 Å². The third kappa shape index (κ3) is 5.83. The first kappa shape index (κ1) is 22.7. The van der Waals surface area contributed by atoms with Gasteiger partial charge in [-0.1, -0.05) is 66.7 Å². The number of nitrogens with one attached hydrogen (secondary N) is 1. The topological polar surface area (TPSA) is 69.7 Å². The van der Waals surface area contributed by atoms with Gasteiger partial charge in [0.05, 0.1) is 18.3 Å². The van der Waals surface area contributed by atoms with Crippen LogP contribution in [0, 0.1) is 0 Å². The molecule has 1 aliphatic heterocycles. The molecule has 1 amide bonds. The van der Waals surface area contributed by atoms with Crippen LogP contribution in [0.3, 0.4) is 0 Å². The maximum atomic E-state index is 12.8. The third-order valence-electron chi connectivity index (χ3n) is 5.55. The lowest BCUT2D eigenvalue weighted by Gasteiger charge is -2.33. The van der Waals surface area contributed by atoms with Crippen LogP contribution >= 0.6 is 11.3 Å². The molecule has 0 unspecified atom stereocenters. The summed E-state index contributed by atoms with van der Waals surface area (Å²) in [4.78, 5) is 15.9. The number of amides is 1. The third-order valence-corrected chi connectivity index (χ3v) is 8.34. The van der Waals surface area contributed by atoms with Gasteiger partial charge in [-0.05, 0) is 22.6 Å². The molecule has 1 aliphatic rings. The highest BCUT2D eigenvalue weighted by Crippen LogP contribution is 2.26. The normalized spacial score (nSPS) is 16.5. The average molecular weight is 470 g/mol. The van der Waals surface area contributed by atoms with Crippen LogP contribution in [0.5, 0.6) is 0 Å². The molecule has 0 saturated carbocycles. The van der Waals surface area contributed by atoms with Crippen LogP contribution in [-0.2, 0) is 20.6 Å². The number of sulfonamides is 1. The second-order valence-electron chi connectivity index (χ2n) is 7.84. The molecule has 4 rings (SSSR count). The minimum atomic E-state index is -3.37. The largest absolute Gasteiger partial charge is 0.343 e. The quantitative estimate of drug-likeness (QED) is 0.550. The summed E-state index contributed by atoms with van der Waals surface area (Å²) in [7, 11) is -3.37. The van der Waals surface area contributed by atoms with Gasteiger partial charge in [0.25, 0.3) is 0 Å². The van der Waals surface area contributed by atoms with E-state index in [1.165, 1.54) is 4.31 Å². The lowest BCUT2D eigenvalue weighted by molar-refractivity contribution is -0.123. The lowest BCUT2D eigenvalue weighted by atomic mass is 10.1. The van der Waals surface area contributed by atoms with Gasteiger partial charge >= 0.3 is 0 Å². The number of rotatable bonds is 8. The van der Waals surface area contributed by atoms with Gasteiger partial charge in [0.1, 0.15) is 0 Å². The van der Waals surface area contributed by atoms with Crippen molar-refractivity contribution in [2.45, 2.75) is 11.8 Å². The Morgan fingerprint density at radius 1 is 0.906 bits per heavy atom. The Labute approximate surface area is 193 Å². The Bertz CT molecular complexity index is 1100. The second kappa shape index (κ2) is 10.4. The number of carbonyl (C=O) groups excluding carboxylic acids is 1. The van der Waals surface area contributed by atoms with Crippen molar-refractivity contribution >= 4 is 27.3 Å². The van der Waals surface area contributed by atoms with Crippen LogP contribution in [0.1, 0.15) is 22.0 Å². The van der Waals surface area contributed by atoms with E-state index in [-0.39, 0.29) is 24.2 Å². The molecule has 3 aromatic rings. The van der Waals surface area contributed by atoms with Crippen LogP contribution in [0.25, 0.3) is 0 Å². The Morgan fingerprint density at radius 2 is 1.56 bits per heavy atom. The summed E-state index contributed by atoms with van der Waals surface area (Å²) in [6.45, 7) is 2.12. The molecule has 2 heterocycles. The summed E-state index contributed by atoms with van der Waals surface area (Å²) in [5, 5.41) is 5.16. The molecule has 168 valence electrons. The molecule has 0 bridgehead atoms. The Morgan fingerprint density at radius 3 is 2.19 bits per heavy atom. The Hall–Kier alpha value is -2.52. The number of benzene rings is 2. The van der Waals surface area contributed by atoms with Gasteiger partial charge in [0, 0.05) is 31.1 Å². The number of hydrogen-bond donors (Lipinski definition) is 1. The van der Waals surface area contributed by atoms with Gasteiger partial charge < -0.3 is 5.32 Å². The Balaban J connectivity index is 1.32. The predicted octanol–water partition coefficient (Wildman–Crippen LogP) is 3.10. The summed E-state index contributed by atoms with van der Waals surface area (Å²) in [6, 6.07) is 23.0. The zero-order valence-electron chi connectivity index (χ0n) is 17.8. The van der Waals surface area contributed by atoms with E-state index in [1.54, 1.807) is 11.3 Å². The fraction of sp³-hybridized carbons (Fsp3) is 0.292. The van der Waals surface area contributed by atoms with E-state index in [9.17, 15) is 13.2 Å². The maximum Gasteiger partial charge on any atom is 0.234 e. The first-order valence-electron chi connectivity index (χ1n) is 10.6. The molecule has 1 atom stereocenters. The van der Waals surface area contributed by atoms with E-state index < -0.39 is 10.0 Å². The predicted molar refractivity (Wildman–Crippen MR) is 128 cm³/mol. The van der Waals surface area contributed by atoms with Crippen molar-refractivity contribution in [3.8, 4) is 0 Å². The highest BCUT2D eigenvalue weighted by atomic mass is 32.2. The number of carbonyl (C=O) groups is 1. The molecular weight excluding hydrogens is 442 g/mol. The molecule has 1 aromatic heterocycles. The standard InChI is InChI=1S/C24H27N3O3S2/c28-23(25-24(22-12-7-17-31-22)21-10-5-2-6-11-21)18-26-13-15-27(16-14-26)32(29,30)19-20-8-3-1-4-9-20/h1-12,17,24H,13-16,18-19H2,(H,25,28)/t24-/m1/s1. The van der Waals surface area contributed by atoms with Crippen molar-refractivity contribution in [2.75, 3.05) is 32.7 Å². The lowest BCUT2D eigenvalue weighted by Crippen LogP contribution is -2.51. The van der Waals surface area contributed by atoms with Gasteiger partial charge in [-0.15, -0.1) is 11.3 Å². The molecule has 1 saturated heterocycles. The highest BCUT2D eigenvalue weighted by molar-refractivity contribution is 7.88. The van der Waals surface area contributed by atoms with Crippen molar-refractivity contribution in [3.05, 3.63) is 94.2 Å². The molecule has 8 heteroatoms. The summed E-state index contributed by atoms with van der Waals surface area (Å²) in [6.07, 6.45) is 0. The van der Waals surface area contributed by atoms with Crippen LogP contribution in [-0.4, -0.2) is 56.3 Å². The summed E-state index contributed by atoms with van der Waals surface area (Å²) in [5.41, 5.74) is 1.83. The molecule has 0 aliphatic carbocycles. The van der Waals surface area contributed by atoms with E-state index >= 15 is 0 Å². The molecule has 6 nitrogen and oxygen atoms in total. The second-order valence-corrected chi connectivity index (χ2v) is 10.8. The van der Waals surface area contributed by atoms with Gasteiger partial charge in [-0.25, -0.2) is 8.42 Å². The zero-order chi connectivity index (χ0) is 22.4. The van der Waals surface area contributed by atoms with E-state index in [4.69, 9.17) is 0 Å². The van der Waals surface area contributed by atoms with Crippen molar-refractivity contribution in [1.29, 1.82) is 0 Å². The molecular formula is C24H27N3O3S2. The number of nitrogens with zero attached hydrogens (tertiary/aromatic N) is 2. The number of hydrogen-bond acceptors (Lipinski definition) is 5. The molecule has 0 radical (unpaired) electrons. The summed E-state index contributed by atoms with van der Waals surface area (Å²) in [5.74, 6) is -0.0543. The van der Waals surface area contributed by atoms with Crippen LogP contribution < -0.4 is 5.32 Å². The highest BCUT2D eigenvalue weighted by Gasteiger charge is 2.28. The number of thiophene rings is 1. The molecule has 1 fully saturated rings. The van der Waals surface area contributed by atoms with E-state index in [2.05, 4.69) is 5.32 Å². The van der Waals surface area contributed by atoms with E-state index in [0.29, 0.717) is 26.2 Å². The monoisotopic (exact) mass is 469 g/mol. The van der Waals surface area contributed by atoms with E-state index in [0.717, 1.165) is 16.0 Å². The minimum absolute atomic E-state index is 0.00783. The molecule has 2 aromatic carbocycles. The van der Waals surface area contributed by atoms with Crippen molar-refractivity contribution in [1.82, 2.24) is 14.5 Å². The van der Waals surface area contributed by atoms with Crippen LogP contribution in [0.2, 0.25) is 0 Å². The van der Waals surface area contributed by atoms with Crippen molar-refractivity contribution in [3.63, 3.8) is 0 Å². The first-order valence-corrected chi connectivity index (χ1v) is 13.1. The van der Waals surface area contributed by atoms with Crippen molar-refractivity contribution < 1.29 is 13.2 Å². The van der Waals surface area contributed by atoms with Crippen LogP contribution in [0.15, 0.2) is 78.2 Å². The van der Waals surface area contributed by atoms with Gasteiger partial charge in [-0.3, -0.25) is 9.69 Å². The summed E-state index contributed by atoms with van der Waals surface area (Å²) < 4.78 is 27.0. The van der Waals surface area contributed by atoms with Gasteiger partial charge in [-0.2, -0.15) is 4.31 Å². The molecule has 1 N–H and O–H groups in total. The first-order chi connectivity index (χ1) is 15.5.